The summed E-state index contributed by atoms with van der Waals surface area (Å²) in [6.45, 7) is 2.14. The van der Waals surface area contributed by atoms with Gasteiger partial charge in [0.15, 0.2) is 6.61 Å². The van der Waals surface area contributed by atoms with Gasteiger partial charge in [-0.1, -0.05) is 35.0 Å². The largest absolute Gasteiger partial charge is 0.482 e. The van der Waals surface area contributed by atoms with Crippen LogP contribution in [-0.2, 0) is 16.1 Å². The highest BCUT2D eigenvalue weighted by Crippen LogP contribution is 2.28. The Hall–Kier alpha value is -1.44. The Labute approximate surface area is 141 Å². The van der Waals surface area contributed by atoms with Gasteiger partial charge in [0.05, 0.1) is 11.6 Å². The maximum Gasteiger partial charge on any atom is 0.316 e. The Morgan fingerprint density at radius 2 is 2.18 bits per heavy atom. The molecular formula is C13H12Cl2N2O4S. The Bertz CT molecular complexity index is 651. The normalized spacial score (nSPS) is 10.5. The summed E-state index contributed by atoms with van der Waals surface area (Å²) in [5, 5.41) is 8.81. The first-order valence-corrected chi connectivity index (χ1v) is 8.01. The summed E-state index contributed by atoms with van der Waals surface area (Å²) in [4.78, 5) is 11.2. The first kappa shape index (κ1) is 16.9. The molecule has 0 spiro atoms. The van der Waals surface area contributed by atoms with E-state index in [1.165, 1.54) is 0 Å². The zero-order valence-electron chi connectivity index (χ0n) is 11.5. The second-order valence-corrected chi connectivity index (χ2v) is 5.69. The Morgan fingerprint density at radius 1 is 1.36 bits per heavy atom. The Balaban J connectivity index is 1.85. The number of halogens is 2. The first-order valence-electron chi connectivity index (χ1n) is 6.27. The van der Waals surface area contributed by atoms with Gasteiger partial charge in [0, 0.05) is 5.02 Å². The lowest BCUT2D eigenvalue weighted by Crippen LogP contribution is -2.06. The van der Waals surface area contributed by atoms with E-state index in [-0.39, 0.29) is 29.4 Å². The lowest BCUT2D eigenvalue weighted by atomic mass is 10.3. The molecule has 0 unspecified atom stereocenters. The summed E-state index contributed by atoms with van der Waals surface area (Å²) in [6.07, 6.45) is 0. The van der Waals surface area contributed by atoms with Crippen LogP contribution in [0.25, 0.3) is 0 Å². The second kappa shape index (κ2) is 8.26. The van der Waals surface area contributed by atoms with E-state index in [9.17, 15) is 4.79 Å². The monoisotopic (exact) mass is 362 g/mol. The van der Waals surface area contributed by atoms with E-state index >= 15 is 0 Å². The van der Waals surface area contributed by atoms with Crippen LogP contribution in [0, 0.1) is 0 Å². The van der Waals surface area contributed by atoms with Gasteiger partial charge < -0.3 is 13.9 Å². The van der Waals surface area contributed by atoms with E-state index in [2.05, 4.69) is 10.2 Å². The van der Waals surface area contributed by atoms with Crippen LogP contribution in [0.15, 0.2) is 27.8 Å². The van der Waals surface area contributed by atoms with Crippen molar-refractivity contribution in [2.24, 2.45) is 0 Å². The SMILES string of the molecule is CCOC(=O)CSc1nnc(COc2ccc(Cl)cc2Cl)o1. The van der Waals surface area contributed by atoms with Crippen molar-refractivity contribution in [3.63, 3.8) is 0 Å². The molecule has 118 valence electrons. The number of hydrogen-bond acceptors (Lipinski definition) is 7. The maximum absolute atomic E-state index is 11.2. The molecule has 0 aliphatic heterocycles. The van der Waals surface area contributed by atoms with Crippen molar-refractivity contribution >= 4 is 40.9 Å². The van der Waals surface area contributed by atoms with Crippen LogP contribution in [0.3, 0.4) is 0 Å². The van der Waals surface area contributed by atoms with Gasteiger partial charge in [-0.25, -0.2) is 0 Å². The van der Waals surface area contributed by atoms with E-state index in [0.29, 0.717) is 22.4 Å². The van der Waals surface area contributed by atoms with Crippen LogP contribution in [0.2, 0.25) is 10.0 Å². The standard InChI is InChI=1S/C13H12Cl2N2O4S/c1-2-19-12(18)7-22-13-17-16-11(21-13)6-20-10-4-3-8(14)5-9(10)15/h3-5H,2,6-7H2,1H3. The molecule has 0 aliphatic rings. The van der Waals surface area contributed by atoms with Gasteiger partial charge in [0.1, 0.15) is 11.5 Å². The molecule has 22 heavy (non-hydrogen) atoms. The van der Waals surface area contributed by atoms with Crippen molar-refractivity contribution in [1.29, 1.82) is 0 Å². The fourth-order valence-corrected chi connectivity index (χ4v) is 2.45. The summed E-state index contributed by atoms with van der Waals surface area (Å²) < 4.78 is 15.6. The molecule has 0 radical (unpaired) electrons. The van der Waals surface area contributed by atoms with Crippen LogP contribution in [0.4, 0.5) is 0 Å². The van der Waals surface area contributed by atoms with E-state index in [1.54, 1.807) is 25.1 Å². The zero-order valence-corrected chi connectivity index (χ0v) is 13.9. The lowest BCUT2D eigenvalue weighted by Gasteiger charge is -2.05. The molecule has 0 fully saturated rings. The molecular weight excluding hydrogens is 351 g/mol. The fraction of sp³-hybridized carbons (Fsp3) is 0.308. The van der Waals surface area contributed by atoms with Crippen molar-refractivity contribution in [3.8, 4) is 5.75 Å². The van der Waals surface area contributed by atoms with E-state index in [0.717, 1.165) is 11.8 Å². The second-order valence-electron chi connectivity index (χ2n) is 3.92. The van der Waals surface area contributed by atoms with Gasteiger partial charge in [-0.2, -0.15) is 0 Å². The van der Waals surface area contributed by atoms with Crippen molar-refractivity contribution in [2.45, 2.75) is 18.8 Å². The molecule has 0 aliphatic carbocycles. The number of thioether (sulfide) groups is 1. The number of hydrogen-bond donors (Lipinski definition) is 0. The molecule has 0 saturated carbocycles. The minimum atomic E-state index is -0.337. The quantitative estimate of drug-likeness (QED) is 0.549. The van der Waals surface area contributed by atoms with E-state index in [4.69, 9.17) is 37.1 Å². The molecule has 1 aromatic heterocycles. The molecule has 0 N–H and O–H groups in total. The predicted molar refractivity (Wildman–Crippen MR) is 82.4 cm³/mol. The number of rotatable bonds is 7. The fourth-order valence-electron chi connectivity index (χ4n) is 1.41. The van der Waals surface area contributed by atoms with Gasteiger partial charge in [0.25, 0.3) is 11.1 Å². The summed E-state index contributed by atoms with van der Waals surface area (Å²) in [5.41, 5.74) is 0. The van der Waals surface area contributed by atoms with Crippen LogP contribution in [-0.4, -0.2) is 28.5 Å². The Morgan fingerprint density at radius 3 is 2.91 bits per heavy atom. The average Bonchev–Trinajstić information content (AvgIpc) is 2.92. The van der Waals surface area contributed by atoms with E-state index < -0.39 is 0 Å². The molecule has 6 nitrogen and oxygen atoms in total. The van der Waals surface area contributed by atoms with Crippen LogP contribution in [0.5, 0.6) is 5.75 Å². The van der Waals surface area contributed by atoms with Crippen molar-refractivity contribution in [1.82, 2.24) is 10.2 Å². The number of carbonyl (C=O) groups is 1. The van der Waals surface area contributed by atoms with Crippen LogP contribution < -0.4 is 4.74 Å². The van der Waals surface area contributed by atoms with Crippen molar-refractivity contribution in [2.75, 3.05) is 12.4 Å². The molecule has 0 saturated heterocycles. The molecule has 1 heterocycles. The molecule has 0 atom stereocenters. The van der Waals surface area contributed by atoms with Gasteiger partial charge >= 0.3 is 5.97 Å². The topological polar surface area (TPSA) is 74.5 Å². The molecule has 0 amide bonds. The van der Waals surface area contributed by atoms with Crippen LogP contribution in [0.1, 0.15) is 12.8 Å². The predicted octanol–water partition coefficient (Wildman–Crippen LogP) is 3.61. The van der Waals surface area contributed by atoms with Crippen molar-refractivity contribution in [3.05, 3.63) is 34.1 Å². The molecule has 0 bridgehead atoms. The summed E-state index contributed by atoms with van der Waals surface area (Å²) in [7, 11) is 0. The third-order valence-corrected chi connectivity index (χ3v) is 3.63. The van der Waals surface area contributed by atoms with E-state index in [1.807, 2.05) is 0 Å². The van der Waals surface area contributed by atoms with Gasteiger partial charge in [-0.15, -0.1) is 10.2 Å². The number of esters is 1. The maximum atomic E-state index is 11.2. The molecule has 9 heteroatoms. The number of aromatic nitrogens is 2. The van der Waals surface area contributed by atoms with Gasteiger partial charge in [-0.3, -0.25) is 4.79 Å². The number of nitrogens with zero attached hydrogens (tertiary/aromatic N) is 2. The summed E-state index contributed by atoms with van der Waals surface area (Å²) in [5.74, 6) is 0.512. The lowest BCUT2D eigenvalue weighted by molar-refractivity contribution is -0.139. The molecule has 2 aromatic rings. The highest BCUT2D eigenvalue weighted by atomic mass is 35.5. The molecule has 1 aromatic carbocycles. The smallest absolute Gasteiger partial charge is 0.316 e. The highest BCUT2D eigenvalue weighted by Gasteiger charge is 2.11. The number of carbonyl (C=O) groups excluding carboxylic acids is 1. The summed E-state index contributed by atoms with van der Waals surface area (Å²) in [6, 6.07) is 4.89. The molecule has 2 rings (SSSR count). The number of benzene rings is 1. The summed E-state index contributed by atoms with van der Waals surface area (Å²) >= 11 is 12.9. The third-order valence-electron chi connectivity index (χ3n) is 2.31. The highest BCUT2D eigenvalue weighted by molar-refractivity contribution is 7.99. The number of ether oxygens (including phenoxy) is 2. The average molecular weight is 363 g/mol. The van der Waals surface area contributed by atoms with Gasteiger partial charge in [-0.05, 0) is 25.1 Å². The van der Waals surface area contributed by atoms with Crippen LogP contribution >= 0.6 is 35.0 Å². The minimum Gasteiger partial charge on any atom is -0.482 e. The minimum absolute atomic E-state index is 0.0638. The Kier molecular flexibility index (Phi) is 6.35. The first-order chi connectivity index (χ1) is 10.6. The zero-order chi connectivity index (χ0) is 15.9. The van der Waals surface area contributed by atoms with Crippen molar-refractivity contribution < 1.29 is 18.7 Å². The van der Waals surface area contributed by atoms with Gasteiger partial charge in [0.2, 0.25) is 0 Å². The third kappa shape index (κ3) is 5.08.